The SMILES string of the molecule is COc1ccc(NC(C[N+](=O)[O-])=NCCCn2ccnc2)c(OC)c1. The van der Waals surface area contributed by atoms with E-state index in [0.29, 0.717) is 23.7 Å². The Morgan fingerprint density at radius 2 is 2.24 bits per heavy atom. The van der Waals surface area contributed by atoms with E-state index in [-0.39, 0.29) is 12.4 Å². The van der Waals surface area contributed by atoms with Crippen LogP contribution in [0.2, 0.25) is 0 Å². The van der Waals surface area contributed by atoms with Crippen molar-refractivity contribution in [2.45, 2.75) is 13.0 Å². The van der Waals surface area contributed by atoms with E-state index in [1.54, 1.807) is 37.8 Å². The molecule has 0 aliphatic heterocycles. The minimum Gasteiger partial charge on any atom is -0.497 e. The van der Waals surface area contributed by atoms with E-state index in [9.17, 15) is 10.1 Å². The van der Waals surface area contributed by atoms with E-state index in [1.165, 1.54) is 7.11 Å². The molecule has 1 aromatic carbocycles. The van der Waals surface area contributed by atoms with Gasteiger partial charge in [0.05, 0.1) is 26.2 Å². The van der Waals surface area contributed by atoms with Gasteiger partial charge in [0.25, 0.3) is 6.54 Å². The number of methoxy groups -OCH3 is 2. The van der Waals surface area contributed by atoms with E-state index in [4.69, 9.17) is 9.47 Å². The van der Waals surface area contributed by atoms with E-state index in [1.807, 2.05) is 10.8 Å². The molecule has 2 rings (SSSR count). The molecule has 9 nitrogen and oxygen atoms in total. The van der Waals surface area contributed by atoms with Crippen LogP contribution in [0.3, 0.4) is 0 Å². The highest BCUT2D eigenvalue weighted by molar-refractivity contribution is 5.97. The predicted octanol–water partition coefficient (Wildman–Crippen LogP) is 2.08. The first-order chi connectivity index (χ1) is 12.1. The van der Waals surface area contributed by atoms with Gasteiger partial charge in [0.15, 0.2) is 5.84 Å². The van der Waals surface area contributed by atoms with Gasteiger partial charge in [-0.05, 0) is 18.6 Å². The molecule has 1 aromatic heterocycles. The van der Waals surface area contributed by atoms with Gasteiger partial charge in [-0.3, -0.25) is 15.1 Å². The summed E-state index contributed by atoms with van der Waals surface area (Å²) in [6, 6.07) is 5.18. The van der Waals surface area contributed by atoms with Crippen LogP contribution in [-0.4, -0.2) is 47.6 Å². The Labute approximate surface area is 145 Å². The summed E-state index contributed by atoms with van der Waals surface area (Å²) in [5, 5.41) is 13.9. The smallest absolute Gasteiger partial charge is 0.260 e. The fourth-order valence-electron chi connectivity index (χ4n) is 2.19. The number of imidazole rings is 1. The van der Waals surface area contributed by atoms with E-state index in [0.717, 1.165) is 13.0 Å². The summed E-state index contributed by atoms with van der Waals surface area (Å²) >= 11 is 0. The normalized spacial score (nSPS) is 11.2. The van der Waals surface area contributed by atoms with Gasteiger partial charge in [-0.25, -0.2) is 4.98 Å². The molecule has 1 heterocycles. The number of ether oxygens (including phenoxy) is 2. The zero-order valence-corrected chi connectivity index (χ0v) is 14.2. The third-order valence-electron chi connectivity index (χ3n) is 3.40. The van der Waals surface area contributed by atoms with E-state index < -0.39 is 4.92 Å². The first-order valence-corrected chi connectivity index (χ1v) is 7.72. The number of benzene rings is 1. The molecule has 1 N–H and O–H groups in total. The number of aromatic nitrogens is 2. The number of aryl methyl sites for hydroxylation is 1. The second-order valence-corrected chi connectivity index (χ2v) is 5.16. The van der Waals surface area contributed by atoms with Gasteiger partial charge in [-0.2, -0.15) is 0 Å². The molecule has 0 saturated heterocycles. The Morgan fingerprint density at radius 3 is 2.88 bits per heavy atom. The standard InChI is InChI=1S/C16H21N5O4/c1-24-13-4-5-14(15(10-13)25-2)19-16(11-21(22)23)18-6-3-8-20-9-7-17-12-20/h4-5,7,9-10,12H,3,6,8,11H2,1-2H3,(H,18,19). The average molecular weight is 347 g/mol. The van der Waals surface area contributed by atoms with Crippen molar-refractivity contribution < 1.29 is 14.4 Å². The van der Waals surface area contributed by atoms with Crippen LogP contribution in [0.5, 0.6) is 11.5 Å². The Bertz CT molecular complexity index is 715. The van der Waals surface area contributed by atoms with Crippen LogP contribution >= 0.6 is 0 Å². The highest BCUT2D eigenvalue weighted by Crippen LogP contribution is 2.29. The van der Waals surface area contributed by atoms with Crippen LogP contribution in [0.4, 0.5) is 5.69 Å². The van der Waals surface area contributed by atoms with Gasteiger partial charge in [0.1, 0.15) is 11.5 Å². The average Bonchev–Trinajstić information content (AvgIpc) is 3.11. The van der Waals surface area contributed by atoms with Gasteiger partial charge in [-0.15, -0.1) is 0 Å². The zero-order valence-electron chi connectivity index (χ0n) is 14.2. The molecule has 0 saturated carbocycles. The Morgan fingerprint density at radius 1 is 1.40 bits per heavy atom. The quantitative estimate of drug-likeness (QED) is 0.245. The summed E-state index contributed by atoms with van der Waals surface area (Å²) in [5.74, 6) is 1.43. The molecule has 0 fully saturated rings. The number of hydrogen-bond acceptors (Lipinski definition) is 6. The van der Waals surface area contributed by atoms with Crippen molar-refractivity contribution in [2.75, 3.05) is 32.6 Å². The van der Waals surface area contributed by atoms with E-state index >= 15 is 0 Å². The fourth-order valence-corrected chi connectivity index (χ4v) is 2.19. The number of nitro groups is 1. The van der Waals surface area contributed by atoms with Gasteiger partial charge in [0, 0.05) is 36.5 Å². The molecule has 0 unspecified atom stereocenters. The molecule has 9 heteroatoms. The summed E-state index contributed by atoms with van der Waals surface area (Å²) in [5.41, 5.74) is 0.596. The van der Waals surface area contributed by atoms with Crippen molar-refractivity contribution in [2.24, 2.45) is 4.99 Å². The first-order valence-electron chi connectivity index (χ1n) is 7.72. The number of amidine groups is 1. The molecule has 0 aliphatic rings. The predicted molar refractivity (Wildman–Crippen MR) is 94.2 cm³/mol. The van der Waals surface area contributed by atoms with Gasteiger partial charge in [-0.1, -0.05) is 0 Å². The molecule has 25 heavy (non-hydrogen) atoms. The molecule has 0 amide bonds. The number of rotatable bonds is 9. The van der Waals surface area contributed by atoms with Gasteiger partial charge in [0.2, 0.25) is 0 Å². The molecule has 2 aromatic rings. The van der Waals surface area contributed by atoms with Gasteiger partial charge < -0.3 is 19.4 Å². The number of nitrogens with zero attached hydrogens (tertiary/aromatic N) is 4. The second kappa shape index (κ2) is 9.26. The Kier molecular flexibility index (Phi) is 6.76. The van der Waals surface area contributed by atoms with Crippen LogP contribution in [0.25, 0.3) is 0 Å². The van der Waals surface area contributed by atoms with Crippen molar-refractivity contribution in [3.63, 3.8) is 0 Å². The van der Waals surface area contributed by atoms with Crippen LogP contribution in [-0.2, 0) is 6.54 Å². The topological polar surface area (TPSA) is 104 Å². The Hall–Kier alpha value is -3.10. The highest BCUT2D eigenvalue weighted by atomic mass is 16.6. The monoisotopic (exact) mass is 347 g/mol. The fraction of sp³-hybridized carbons (Fsp3) is 0.375. The number of aliphatic imine (C=N–C) groups is 1. The number of hydrogen-bond donors (Lipinski definition) is 1. The Balaban J connectivity index is 2.03. The summed E-state index contributed by atoms with van der Waals surface area (Å²) < 4.78 is 12.4. The lowest BCUT2D eigenvalue weighted by molar-refractivity contribution is -0.463. The van der Waals surface area contributed by atoms with Crippen molar-refractivity contribution in [1.29, 1.82) is 0 Å². The second-order valence-electron chi connectivity index (χ2n) is 5.16. The number of nitrogens with one attached hydrogen (secondary N) is 1. The molecule has 0 aliphatic carbocycles. The molecule has 0 radical (unpaired) electrons. The third kappa shape index (κ3) is 5.79. The van der Waals surface area contributed by atoms with Crippen LogP contribution in [0.15, 0.2) is 41.9 Å². The maximum atomic E-state index is 10.9. The van der Waals surface area contributed by atoms with Crippen molar-refractivity contribution in [3.05, 3.63) is 47.0 Å². The summed E-state index contributed by atoms with van der Waals surface area (Å²) in [4.78, 5) is 18.8. The molecule has 0 bridgehead atoms. The zero-order chi connectivity index (χ0) is 18.1. The molecule has 134 valence electrons. The van der Waals surface area contributed by atoms with Crippen molar-refractivity contribution in [3.8, 4) is 11.5 Å². The summed E-state index contributed by atoms with van der Waals surface area (Å²) in [7, 11) is 3.08. The van der Waals surface area contributed by atoms with E-state index in [2.05, 4.69) is 15.3 Å². The maximum Gasteiger partial charge on any atom is 0.260 e. The summed E-state index contributed by atoms with van der Waals surface area (Å²) in [6.07, 6.45) is 6.04. The van der Waals surface area contributed by atoms with Crippen molar-refractivity contribution >= 4 is 11.5 Å². The maximum absolute atomic E-state index is 10.9. The van der Waals surface area contributed by atoms with Gasteiger partial charge >= 0.3 is 0 Å². The highest BCUT2D eigenvalue weighted by Gasteiger charge is 2.12. The molecular formula is C16H21N5O4. The third-order valence-corrected chi connectivity index (χ3v) is 3.40. The first kappa shape index (κ1) is 18.2. The molecular weight excluding hydrogens is 326 g/mol. The molecule has 0 spiro atoms. The molecule has 0 atom stereocenters. The van der Waals surface area contributed by atoms with Crippen LogP contribution in [0.1, 0.15) is 6.42 Å². The van der Waals surface area contributed by atoms with Crippen LogP contribution < -0.4 is 14.8 Å². The van der Waals surface area contributed by atoms with Crippen molar-refractivity contribution in [1.82, 2.24) is 9.55 Å². The minimum absolute atomic E-state index is 0.277. The van der Waals surface area contributed by atoms with Crippen LogP contribution in [0, 0.1) is 10.1 Å². The lowest BCUT2D eigenvalue weighted by Gasteiger charge is -2.12. The largest absolute Gasteiger partial charge is 0.497 e. The number of anilines is 1. The summed E-state index contributed by atoms with van der Waals surface area (Å²) in [6.45, 7) is 0.828. The lowest BCUT2D eigenvalue weighted by Crippen LogP contribution is -2.23. The lowest BCUT2D eigenvalue weighted by atomic mass is 10.2. The minimum atomic E-state index is -0.419.